The Kier molecular flexibility index (Phi) is 2.56. The molecule has 2 aromatic heterocycles. The summed E-state index contributed by atoms with van der Waals surface area (Å²) in [6.07, 6.45) is 0.869. The van der Waals surface area contributed by atoms with Crippen molar-refractivity contribution in [3.05, 3.63) is 39.6 Å². The number of nitrogens with zero attached hydrogens (tertiary/aromatic N) is 2. The molecule has 3 heterocycles. The normalized spacial score (nSPS) is 13.8. The van der Waals surface area contributed by atoms with Gasteiger partial charge in [-0.1, -0.05) is 35.3 Å². The zero-order valence-corrected chi connectivity index (χ0v) is 12.2. The summed E-state index contributed by atoms with van der Waals surface area (Å²) in [7, 11) is 0. The van der Waals surface area contributed by atoms with E-state index in [-0.39, 0.29) is 0 Å². The second kappa shape index (κ2) is 4.21. The fraction of sp³-hybridized carbons (Fsp3) is 0.200. The first-order valence-electron chi connectivity index (χ1n) is 6.36. The Morgan fingerprint density at radius 3 is 2.85 bits per heavy atom. The van der Waals surface area contributed by atoms with Gasteiger partial charge in [0.05, 0.1) is 28.0 Å². The van der Waals surface area contributed by atoms with E-state index in [1.54, 1.807) is 6.07 Å². The van der Waals surface area contributed by atoms with Crippen molar-refractivity contribution >= 4 is 45.0 Å². The molecule has 5 heteroatoms. The molecule has 3 aromatic rings. The lowest BCUT2D eigenvalue weighted by atomic mass is 10.1. The Balaban J connectivity index is 2.29. The Morgan fingerprint density at radius 2 is 2.00 bits per heavy atom. The molecule has 100 valence electrons. The predicted molar refractivity (Wildman–Crippen MR) is 81.0 cm³/mol. The average molecular weight is 305 g/mol. The summed E-state index contributed by atoms with van der Waals surface area (Å²) in [6.45, 7) is 2.67. The van der Waals surface area contributed by atoms with E-state index in [0.717, 1.165) is 39.7 Å². The fourth-order valence-corrected chi connectivity index (χ4v) is 3.26. The zero-order valence-electron chi connectivity index (χ0n) is 10.7. The van der Waals surface area contributed by atoms with E-state index < -0.39 is 0 Å². The van der Waals surface area contributed by atoms with Crippen LogP contribution in [0.3, 0.4) is 0 Å². The Hall–Kier alpha value is -1.58. The lowest BCUT2D eigenvalue weighted by Crippen LogP contribution is -1.95. The van der Waals surface area contributed by atoms with Crippen LogP contribution in [0.5, 0.6) is 5.75 Å². The van der Waals surface area contributed by atoms with Crippen LogP contribution in [0.15, 0.2) is 18.2 Å². The third-order valence-corrected chi connectivity index (χ3v) is 4.29. The Bertz CT molecular complexity index is 877. The number of hydrogen-bond acceptors (Lipinski definition) is 3. The first-order chi connectivity index (χ1) is 9.66. The molecule has 0 atom stereocenters. The lowest BCUT2D eigenvalue weighted by molar-refractivity contribution is 0.360. The van der Waals surface area contributed by atoms with Crippen LogP contribution in [-0.2, 0) is 6.42 Å². The molecular formula is C15H10Cl2N2O. The summed E-state index contributed by atoms with van der Waals surface area (Å²) in [4.78, 5) is 9.14. The number of ether oxygens (including phenoxy) is 1. The first-order valence-corrected chi connectivity index (χ1v) is 7.12. The van der Waals surface area contributed by atoms with Crippen molar-refractivity contribution in [2.45, 2.75) is 13.3 Å². The number of hydrogen-bond donors (Lipinski definition) is 0. The smallest absolute Gasteiger partial charge is 0.142 e. The van der Waals surface area contributed by atoms with Crippen LogP contribution in [0.1, 0.15) is 11.3 Å². The van der Waals surface area contributed by atoms with Crippen molar-refractivity contribution in [1.82, 2.24) is 9.97 Å². The van der Waals surface area contributed by atoms with Crippen molar-refractivity contribution in [2.24, 2.45) is 0 Å². The summed E-state index contributed by atoms with van der Waals surface area (Å²) in [5, 5.41) is 2.66. The highest BCUT2D eigenvalue weighted by molar-refractivity contribution is 6.39. The van der Waals surface area contributed by atoms with Crippen molar-refractivity contribution < 1.29 is 4.74 Å². The van der Waals surface area contributed by atoms with Gasteiger partial charge in [0, 0.05) is 23.1 Å². The van der Waals surface area contributed by atoms with Gasteiger partial charge in [-0.15, -0.1) is 0 Å². The molecule has 0 unspecified atom stereocenters. The molecule has 1 aromatic carbocycles. The molecule has 0 amide bonds. The summed E-state index contributed by atoms with van der Waals surface area (Å²) in [6, 6.07) is 5.65. The van der Waals surface area contributed by atoms with E-state index in [1.165, 1.54) is 0 Å². The number of para-hydroxylation sites is 1. The molecule has 1 aliphatic rings. The number of benzene rings is 1. The van der Waals surface area contributed by atoms with E-state index in [4.69, 9.17) is 32.9 Å². The van der Waals surface area contributed by atoms with E-state index in [9.17, 15) is 0 Å². The van der Waals surface area contributed by atoms with Gasteiger partial charge < -0.3 is 4.74 Å². The molecule has 4 rings (SSSR count). The summed E-state index contributed by atoms with van der Waals surface area (Å²) >= 11 is 12.6. The highest BCUT2D eigenvalue weighted by Crippen LogP contribution is 2.41. The topological polar surface area (TPSA) is 35.0 Å². The third-order valence-electron chi connectivity index (χ3n) is 3.71. The molecule has 3 nitrogen and oxygen atoms in total. The quantitative estimate of drug-likeness (QED) is 0.458. The van der Waals surface area contributed by atoms with Gasteiger partial charge in [0.1, 0.15) is 10.9 Å². The summed E-state index contributed by atoms with van der Waals surface area (Å²) < 4.78 is 5.76. The van der Waals surface area contributed by atoms with Crippen LogP contribution in [0.4, 0.5) is 0 Å². The third kappa shape index (κ3) is 1.54. The molecule has 0 bridgehead atoms. The second-order valence-electron chi connectivity index (χ2n) is 4.87. The molecule has 20 heavy (non-hydrogen) atoms. The van der Waals surface area contributed by atoms with Crippen LogP contribution in [-0.4, -0.2) is 16.6 Å². The summed E-state index contributed by atoms with van der Waals surface area (Å²) in [5.41, 5.74) is 3.59. The molecule has 0 saturated carbocycles. The van der Waals surface area contributed by atoms with Gasteiger partial charge in [0.15, 0.2) is 0 Å². The van der Waals surface area contributed by atoms with Crippen LogP contribution >= 0.6 is 23.2 Å². The van der Waals surface area contributed by atoms with E-state index >= 15 is 0 Å². The molecule has 0 N–H and O–H groups in total. The lowest BCUT2D eigenvalue weighted by Gasteiger charge is -2.11. The van der Waals surface area contributed by atoms with Crippen LogP contribution < -0.4 is 4.74 Å². The molecule has 1 aliphatic heterocycles. The molecule has 0 radical (unpaired) electrons. The predicted octanol–water partition coefficient (Wildman–Crippen LogP) is 4.33. The van der Waals surface area contributed by atoms with Gasteiger partial charge in [0.25, 0.3) is 0 Å². The Morgan fingerprint density at radius 1 is 1.15 bits per heavy atom. The first kappa shape index (κ1) is 12.2. The minimum atomic E-state index is 0.395. The van der Waals surface area contributed by atoms with Gasteiger partial charge in [-0.2, -0.15) is 0 Å². The standard InChI is InChI=1S/C15H10Cl2N2O/c1-7-8-5-6-20-14(8)11-13(18-7)9-3-2-4-10(16)12(9)19-15(11)17/h2-4H,5-6H2,1H3. The largest absolute Gasteiger partial charge is 0.492 e. The molecular weight excluding hydrogens is 295 g/mol. The van der Waals surface area contributed by atoms with Gasteiger partial charge in [-0.05, 0) is 13.0 Å². The fourth-order valence-electron chi connectivity index (χ4n) is 2.78. The summed E-state index contributed by atoms with van der Waals surface area (Å²) in [5.74, 6) is 0.826. The zero-order chi connectivity index (χ0) is 13.9. The number of fused-ring (bicyclic) bond motifs is 5. The maximum atomic E-state index is 6.35. The van der Waals surface area contributed by atoms with Gasteiger partial charge in [0.2, 0.25) is 0 Å². The van der Waals surface area contributed by atoms with Crippen LogP contribution in [0, 0.1) is 6.92 Å². The van der Waals surface area contributed by atoms with E-state index in [0.29, 0.717) is 22.3 Å². The Labute approximate surface area is 125 Å². The van der Waals surface area contributed by atoms with Crippen molar-refractivity contribution in [2.75, 3.05) is 6.61 Å². The SMILES string of the molecule is Cc1nc2c(c(Cl)nc3c(Cl)cccc32)c2c1CCO2. The van der Waals surface area contributed by atoms with E-state index in [2.05, 4.69) is 4.98 Å². The maximum Gasteiger partial charge on any atom is 0.142 e. The minimum absolute atomic E-state index is 0.395. The average Bonchev–Trinajstić information content (AvgIpc) is 2.90. The molecule has 0 spiro atoms. The highest BCUT2D eigenvalue weighted by atomic mass is 35.5. The molecule has 0 saturated heterocycles. The highest BCUT2D eigenvalue weighted by Gasteiger charge is 2.23. The van der Waals surface area contributed by atoms with Crippen molar-refractivity contribution in [3.8, 4) is 5.75 Å². The van der Waals surface area contributed by atoms with Gasteiger partial charge in [-0.25, -0.2) is 4.98 Å². The maximum absolute atomic E-state index is 6.35. The molecule has 0 fully saturated rings. The number of halogens is 2. The van der Waals surface area contributed by atoms with Gasteiger partial charge >= 0.3 is 0 Å². The minimum Gasteiger partial charge on any atom is -0.492 e. The van der Waals surface area contributed by atoms with E-state index in [1.807, 2.05) is 19.1 Å². The van der Waals surface area contributed by atoms with Crippen molar-refractivity contribution in [3.63, 3.8) is 0 Å². The second-order valence-corrected chi connectivity index (χ2v) is 5.63. The number of aryl methyl sites for hydroxylation is 1. The number of rotatable bonds is 0. The number of aromatic nitrogens is 2. The van der Waals surface area contributed by atoms with Gasteiger partial charge in [-0.3, -0.25) is 4.98 Å². The van der Waals surface area contributed by atoms with Crippen molar-refractivity contribution in [1.29, 1.82) is 0 Å². The monoisotopic (exact) mass is 304 g/mol. The van der Waals surface area contributed by atoms with Crippen LogP contribution in [0.2, 0.25) is 10.2 Å². The van der Waals surface area contributed by atoms with Crippen LogP contribution in [0.25, 0.3) is 21.8 Å². The number of pyridine rings is 2. The molecule has 0 aliphatic carbocycles.